The van der Waals surface area contributed by atoms with Gasteiger partial charge < -0.3 is 10.1 Å². The number of ketones is 1. The van der Waals surface area contributed by atoms with Crippen molar-refractivity contribution in [2.45, 2.75) is 32.6 Å². The number of benzene rings is 2. The molecule has 0 atom stereocenters. The molecule has 0 unspecified atom stereocenters. The van der Waals surface area contributed by atoms with Crippen molar-refractivity contribution >= 4 is 39.8 Å². The number of aryl methyl sites for hydroxylation is 1. The number of Topliss-reactive ketones (excluding diaryl/α,β-unsaturated/α-hetero) is 1. The first kappa shape index (κ1) is 22.0. The molecule has 0 spiro atoms. The molecule has 5 nitrogen and oxygen atoms in total. The number of anilines is 1. The summed E-state index contributed by atoms with van der Waals surface area (Å²) < 4.78 is 5.09. The fourth-order valence-corrected chi connectivity index (χ4v) is 4.19. The van der Waals surface area contributed by atoms with Crippen LogP contribution in [-0.4, -0.2) is 23.8 Å². The number of carbonyl (C=O) groups is 2. The van der Waals surface area contributed by atoms with Crippen LogP contribution in [0.1, 0.15) is 41.4 Å². The molecule has 0 saturated carbocycles. The van der Waals surface area contributed by atoms with Crippen molar-refractivity contribution in [3.8, 4) is 17.0 Å². The Balaban J connectivity index is 1.63. The zero-order valence-electron chi connectivity index (χ0n) is 16.9. The summed E-state index contributed by atoms with van der Waals surface area (Å²) in [6.07, 6.45) is 2.09. The molecule has 0 aliphatic carbocycles. The highest BCUT2D eigenvalue weighted by molar-refractivity contribution is 7.16. The molecule has 2 aromatic carbocycles. The number of nitrogens with one attached hydrogen (secondary N) is 1. The Kier molecular flexibility index (Phi) is 7.60. The van der Waals surface area contributed by atoms with Crippen LogP contribution < -0.4 is 10.1 Å². The topological polar surface area (TPSA) is 68.3 Å². The lowest BCUT2D eigenvalue weighted by molar-refractivity contribution is -0.116. The van der Waals surface area contributed by atoms with Crippen LogP contribution in [-0.2, 0) is 11.2 Å². The highest BCUT2D eigenvalue weighted by Gasteiger charge is 2.15. The molecule has 0 aliphatic rings. The summed E-state index contributed by atoms with van der Waals surface area (Å²) in [6, 6.07) is 14.4. The molecule has 156 valence electrons. The number of carbonyl (C=O) groups excluding carboxylic acids is 2. The van der Waals surface area contributed by atoms with E-state index in [0.29, 0.717) is 21.5 Å². The molecule has 7 heteroatoms. The number of ether oxygens (including phenoxy) is 1. The fraction of sp³-hybridized carbons (Fsp3) is 0.261. The Bertz CT molecular complexity index is 1010. The predicted molar refractivity (Wildman–Crippen MR) is 122 cm³/mol. The number of nitrogens with zero attached hydrogens (tertiary/aromatic N) is 1. The third-order valence-corrected chi connectivity index (χ3v) is 5.81. The van der Waals surface area contributed by atoms with Gasteiger partial charge in [0.05, 0.1) is 12.8 Å². The first-order valence-electron chi connectivity index (χ1n) is 9.73. The molecule has 1 N–H and O–H groups in total. The minimum Gasteiger partial charge on any atom is -0.497 e. The number of methoxy groups -OCH3 is 1. The van der Waals surface area contributed by atoms with Gasteiger partial charge in [-0.1, -0.05) is 37.1 Å². The van der Waals surface area contributed by atoms with Gasteiger partial charge in [0.1, 0.15) is 5.75 Å². The van der Waals surface area contributed by atoms with Gasteiger partial charge in [-0.2, -0.15) is 0 Å². The van der Waals surface area contributed by atoms with Gasteiger partial charge in [-0.25, -0.2) is 4.98 Å². The van der Waals surface area contributed by atoms with Crippen LogP contribution in [0.15, 0.2) is 48.5 Å². The molecule has 3 rings (SSSR count). The van der Waals surface area contributed by atoms with E-state index in [0.717, 1.165) is 29.0 Å². The largest absolute Gasteiger partial charge is 0.497 e. The summed E-state index contributed by atoms with van der Waals surface area (Å²) in [5.41, 5.74) is 2.39. The van der Waals surface area contributed by atoms with Crippen LogP contribution in [0.3, 0.4) is 0 Å². The van der Waals surface area contributed by atoms with Gasteiger partial charge in [0, 0.05) is 33.9 Å². The van der Waals surface area contributed by atoms with Crippen molar-refractivity contribution in [1.82, 2.24) is 4.98 Å². The summed E-state index contributed by atoms with van der Waals surface area (Å²) in [6.45, 7) is 2.11. The third-order valence-electron chi connectivity index (χ3n) is 4.53. The van der Waals surface area contributed by atoms with Crippen molar-refractivity contribution in [3.63, 3.8) is 0 Å². The van der Waals surface area contributed by atoms with Crippen LogP contribution in [0.25, 0.3) is 11.3 Å². The number of hydrogen-bond donors (Lipinski definition) is 1. The smallest absolute Gasteiger partial charge is 0.226 e. The van der Waals surface area contributed by atoms with Gasteiger partial charge >= 0.3 is 0 Å². The highest BCUT2D eigenvalue weighted by atomic mass is 35.5. The van der Waals surface area contributed by atoms with E-state index in [1.54, 1.807) is 31.4 Å². The molecule has 30 heavy (non-hydrogen) atoms. The zero-order chi connectivity index (χ0) is 21.5. The standard InChI is InChI=1S/C23H23ClN2O3S/c1-3-4-20-22(16-5-9-17(24)10-6-16)26-23(30-20)25-21(28)14-13-19(27)15-7-11-18(29-2)12-8-15/h5-12H,3-4,13-14H2,1-2H3,(H,25,26,28). The quantitative estimate of drug-likeness (QED) is 0.411. The van der Waals surface area contributed by atoms with Gasteiger partial charge in [-0.05, 0) is 42.8 Å². The lowest BCUT2D eigenvalue weighted by atomic mass is 10.1. The number of thiazole rings is 1. The molecule has 3 aromatic rings. The Morgan fingerprint density at radius 2 is 1.77 bits per heavy atom. The first-order valence-corrected chi connectivity index (χ1v) is 10.9. The van der Waals surface area contributed by atoms with Crippen molar-refractivity contribution in [3.05, 3.63) is 64.0 Å². The Morgan fingerprint density at radius 1 is 1.07 bits per heavy atom. The van der Waals surface area contributed by atoms with Crippen molar-refractivity contribution in [1.29, 1.82) is 0 Å². The van der Waals surface area contributed by atoms with Gasteiger partial charge in [0.15, 0.2) is 10.9 Å². The number of amides is 1. The van der Waals surface area contributed by atoms with Gasteiger partial charge in [0.2, 0.25) is 5.91 Å². The van der Waals surface area contributed by atoms with E-state index in [9.17, 15) is 9.59 Å². The predicted octanol–water partition coefficient (Wildman–Crippen LogP) is 6.03. The number of rotatable bonds is 9. The van der Waals surface area contributed by atoms with Crippen LogP contribution in [0.5, 0.6) is 5.75 Å². The van der Waals surface area contributed by atoms with Crippen LogP contribution >= 0.6 is 22.9 Å². The summed E-state index contributed by atoms with van der Waals surface area (Å²) in [5, 5.41) is 4.05. The van der Waals surface area contributed by atoms with Crippen molar-refractivity contribution < 1.29 is 14.3 Å². The SMILES string of the molecule is CCCc1sc(NC(=O)CCC(=O)c2ccc(OC)cc2)nc1-c1ccc(Cl)cc1. The maximum atomic E-state index is 12.4. The van der Waals surface area contributed by atoms with E-state index < -0.39 is 0 Å². The van der Waals surface area contributed by atoms with Crippen molar-refractivity contribution in [2.24, 2.45) is 0 Å². The van der Waals surface area contributed by atoms with Crippen LogP contribution in [0.4, 0.5) is 5.13 Å². The summed E-state index contributed by atoms with van der Waals surface area (Å²) in [5.74, 6) is 0.379. The molecular formula is C23H23ClN2O3S. The van der Waals surface area contributed by atoms with E-state index in [1.165, 1.54) is 11.3 Å². The van der Waals surface area contributed by atoms with Crippen LogP contribution in [0, 0.1) is 0 Å². The van der Waals surface area contributed by atoms with Crippen LogP contribution in [0.2, 0.25) is 5.02 Å². The second-order valence-corrected chi connectivity index (χ2v) is 8.27. The second kappa shape index (κ2) is 10.4. The molecule has 1 aromatic heterocycles. The molecular weight excluding hydrogens is 420 g/mol. The highest BCUT2D eigenvalue weighted by Crippen LogP contribution is 2.33. The Hall–Kier alpha value is -2.70. The van der Waals surface area contributed by atoms with Crippen molar-refractivity contribution in [2.75, 3.05) is 12.4 Å². The zero-order valence-corrected chi connectivity index (χ0v) is 18.5. The lowest BCUT2D eigenvalue weighted by Gasteiger charge is -2.03. The summed E-state index contributed by atoms with van der Waals surface area (Å²) in [7, 11) is 1.57. The lowest BCUT2D eigenvalue weighted by Crippen LogP contribution is -2.13. The maximum absolute atomic E-state index is 12.4. The van der Waals surface area contributed by atoms with E-state index in [1.807, 2.05) is 24.3 Å². The summed E-state index contributed by atoms with van der Waals surface area (Å²) >= 11 is 7.46. The molecule has 0 fully saturated rings. The average Bonchev–Trinajstić information content (AvgIpc) is 3.15. The normalized spacial score (nSPS) is 10.6. The molecule has 1 amide bonds. The first-order chi connectivity index (χ1) is 14.5. The number of hydrogen-bond acceptors (Lipinski definition) is 5. The number of aromatic nitrogens is 1. The third kappa shape index (κ3) is 5.68. The number of halogens is 1. The maximum Gasteiger partial charge on any atom is 0.226 e. The van der Waals surface area contributed by atoms with Gasteiger partial charge in [-0.3, -0.25) is 9.59 Å². The Morgan fingerprint density at radius 3 is 2.40 bits per heavy atom. The summed E-state index contributed by atoms with van der Waals surface area (Å²) in [4.78, 5) is 30.4. The molecule has 0 radical (unpaired) electrons. The molecule has 0 saturated heterocycles. The van der Waals surface area contributed by atoms with Gasteiger partial charge in [-0.15, -0.1) is 11.3 Å². The van der Waals surface area contributed by atoms with E-state index >= 15 is 0 Å². The minimum absolute atomic E-state index is 0.0829. The minimum atomic E-state index is -0.226. The van der Waals surface area contributed by atoms with E-state index in [2.05, 4.69) is 17.2 Å². The average molecular weight is 443 g/mol. The van der Waals surface area contributed by atoms with E-state index in [4.69, 9.17) is 16.3 Å². The molecule has 0 bridgehead atoms. The Labute approximate surface area is 185 Å². The fourth-order valence-electron chi connectivity index (χ4n) is 2.97. The monoisotopic (exact) mass is 442 g/mol. The van der Waals surface area contributed by atoms with E-state index in [-0.39, 0.29) is 24.5 Å². The van der Waals surface area contributed by atoms with Gasteiger partial charge in [0.25, 0.3) is 0 Å². The molecule has 1 heterocycles. The second-order valence-electron chi connectivity index (χ2n) is 6.75. The molecule has 0 aliphatic heterocycles.